The van der Waals surface area contributed by atoms with E-state index in [9.17, 15) is 18.3 Å². The van der Waals surface area contributed by atoms with Gasteiger partial charge in [-0.3, -0.25) is 4.79 Å². The Bertz CT molecular complexity index is 1100. The second kappa shape index (κ2) is 9.27. The maximum absolute atomic E-state index is 12.9. The number of nitrogens with one attached hydrogen (secondary N) is 1. The molecule has 0 aliphatic heterocycles. The van der Waals surface area contributed by atoms with Gasteiger partial charge in [0, 0.05) is 6.07 Å². The van der Waals surface area contributed by atoms with Gasteiger partial charge in [0.25, 0.3) is 15.9 Å². The first-order valence-corrected chi connectivity index (χ1v) is 10.0. The van der Waals surface area contributed by atoms with Gasteiger partial charge in [-0.15, -0.1) is 4.83 Å². The lowest BCUT2D eigenvalue weighted by atomic mass is 10.3. The molecule has 154 valence electrons. The van der Waals surface area contributed by atoms with Crippen LogP contribution in [0.5, 0.6) is 5.75 Å². The number of halogens is 2. The van der Waals surface area contributed by atoms with E-state index in [1.54, 1.807) is 53.1 Å². The number of aromatic hydroxyl groups is 1. The van der Waals surface area contributed by atoms with Gasteiger partial charge < -0.3 is 17.5 Å². The fraction of sp³-hybridized carbons (Fsp3) is 0.111. The number of benzene rings is 2. The van der Waals surface area contributed by atoms with Gasteiger partial charge in [-0.2, -0.15) is 0 Å². The first-order chi connectivity index (χ1) is 13.3. The number of aromatic nitrogens is 2. The summed E-state index contributed by atoms with van der Waals surface area (Å²) in [6.45, 7) is -0.149. The normalized spacial score (nSPS) is 11.0. The largest absolute Gasteiger partial charge is 1.00 e. The first-order valence-electron chi connectivity index (χ1n) is 8.16. The molecule has 0 bridgehead atoms. The summed E-state index contributed by atoms with van der Waals surface area (Å²) in [5, 5.41) is 10.7. The number of hydrogen-bond acceptors (Lipinski definition) is 4. The van der Waals surface area contributed by atoms with E-state index in [0.717, 1.165) is 5.01 Å². The summed E-state index contributed by atoms with van der Waals surface area (Å²) in [6, 6.07) is 11.6. The van der Waals surface area contributed by atoms with Gasteiger partial charge in [-0.1, -0.05) is 29.8 Å². The van der Waals surface area contributed by atoms with Crippen molar-refractivity contribution in [2.45, 2.75) is 11.4 Å². The van der Waals surface area contributed by atoms with Gasteiger partial charge >= 0.3 is 0 Å². The molecule has 0 spiro atoms. The smallest absolute Gasteiger partial charge is 0.284 e. The quantitative estimate of drug-likeness (QED) is 0.352. The first kappa shape index (κ1) is 22.7. The molecule has 0 unspecified atom stereocenters. The predicted molar refractivity (Wildman–Crippen MR) is 103 cm³/mol. The number of anilines is 1. The zero-order valence-corrected chi connectivity index (χ0v) is 17.6. The van der Waals surface area contributed by atoms with Crippen LogP contribution in [-0.2, 0) is 28.4 Å². The Morgan fingerprint density at radius 1 is 1.24 bits per heavy atom. The number of hydrazine groups is 1. The topological polar surface area (TPSA) is 95.5 Å². The SMILES string of the molecule is C[n+]1ccn(CC(=O)N(NS(=O)(=O)c2ccccc2)c2cc(O)ccc2Cl)c1.[Cl-]. The number of hydrogen-bond donors (Lipinski definition) is 2. The summed E-state index contributed by atoms with van der Waals surface area (Å²) < 4.78 is 28.8. The molecule has 0 aliphatic carbocycles. The molecule has 0 saturated carbocycles. The number of carbonyl (C=O) groups excluding carboxylic acids is 1. The number of phenols is 1. The Morgan fingerprint density at radius 3 is 2.55 bits per heavy atom. The van der Waals surface area contributed by atoms with Crippen molar-refractivity contribution < 1.29 is 35.3 Å². The highest BCUT2D eigenvalue weighted by Gasteiger charge is 2.27. The third kappa shape index (κ3) is 5.48. The zero-order chi connectivity index (χ0) is 20.3. The van der Waals surface area contributed by atoms with Crippen LogP contribution in [0.1, 0.15) is 0 Å². The van der Waals surface area contributed by atoms with Crippen LogP contribution < -0.4 is 26.8 Å². The number of sulfonamides is 1. The molecule has 3 rings (SSSR count). The molecule has 29 heavy (non-hydrogen) atoms. The minimum atomic E-state index is -4.07. The molecule has 1 aromatic heterocycles. The maximum Gasteiger partial charge on any atom is 0.284 e. The molecule has 0 radical (unpaired) electrons. The summed E-state index contributed by atoms with van der Waals surface area (Å²) in [7, 11) is -2.27. The van der Waals surface area contributed by atoms with Crippen LogP contribution in [0.15, 0.2) is 72.1 Å². The Kier molecular flexibility index (Phi) is 7.26. The third-order valence-corrected chi connectivity index (χ3v) is 5.46. The van der Waals surface area contributed by atoms with Gasteiger partial charge in [-0.25, -0.2) is 22.6 Å². The molecular weight excluding hydrogens is 439 g/mol. The van der Waals surface area contributed by atoms with E-state index in [1.165, 1.54) is 30.3 Å². The van der Waals surface area contributed by atoms with E-state index >= 15 is 0 Å². The molecule has 0 aliphatic rings. The minimum Gasteiger partial charge on any atom is -1.00 e. The van der Waals surface area contributed by atoms with Crippen molar-refractivity contribution in [2.75, 3.05) is 5.01 Å². The second-order valence-electron chi connectivity index (χ2n) is 6.02. The average Bonchev–Trinajstić information content (AvgIpc) is 3.07. The highest BCUT2D eigenvalue weighted by molar-refractivity contribution is 7.89. The average molecular weight is 457 g/mol. The Labute approximate surface area is 179 Å². The molecule has 0 fully saturated rings. The summed E-state index contributed by atoms with van der Waals surface area (Å²) >= 11 is 6.17. The predicted octanol–water partition coefficient (Wildman–Crippen LogP) is -1.40. The van der Waals surface area contributed by atoms with E-state index in [-0.39, 0.29) is 40.3 Å². The van der Waals surface area contributed by atoms with Crippen LogP contribution in [0.2, 0.25) is 5.02 Å². The molecule has 2 aromatic carbocycles. The number of aryl methyl sites for hydroxylation is 1. The van der Waals surface area contributed by atoms with Gasteiger partial charge in [0.05, 0.1) is 22.7 Å². The summed E-state index contributed by atoms with van der Waals surface area (Å²) in [5.74, 6) is -0.758. The molecule has 8 nitrogen and oxygen atoms in total. The van der Waals surface area contributed by atoms with Crippen molar-refractivity contribution in [3.63, 3.8) is 0 Å². The lowest BCUT2D eigenvalue weighted by Crippen LogP contribution is -3.00. The molecule has 0 atom stereocenters. The number of amides is 1. The fourth-order valence-corrected chi connectivity index (χ4v) is 3.76. The van der Waals surface area contributed by atoms with Crippen LogP contribution in [-0.4, -0.2) is 24.0 Å². The highest BCUT2D eigenvalue weighted by atomic mass is 35.5. The summed E-state index contributed by atoms with van der Waals surface area (Å²) in [6.07, 6.45) is 5.09. The molecule has 2 N–H and O–H groups in total. The Hall–Kier alpha value is -2.59. The number of carbonyl (C=O) groups is 1. The summed E-state index contributed by atoms with van der Waals surface area (Å²) in [5.41, 5.74) is 0.0164. The number of rotatable bonds is 6. The number of phenolic OH excluding ortho intramolecular Hbond substituents is 1. The van der Waals surface area contributed by atoms with Crippen molar-refractivity contribution in [1.29, 1.82) is 0 Å². The molecule has 1 amide bonds. The van der Waals surface area contributed by atoms with E-state index in [1.807, 2.05) is 0 Å². The molecule has 3 aromatic rings. The third-order valence-electron chi connectivity index (χ3n) is 3.83. The van der Waals surface area contributed by atoms with Crippen LogP contribution >= 0.6 is 11.6 Å². The number of nitrogens with zero attached hydrogens (tertiary/aromatic N) is 3. The molecule has 0 saturated heterocycles. The summed E-state index contributed by atoms with van der Waals surface area (Å²) in [4.78, 5) is 15.2. The van der Waals surface area contributed by atoms with E-state index in [0.29, 0.717) is 0 Å². The van der Waals surface area contributed by atoms with Crippen LogP contribution in [0.4, 0.5) is 5.69 Å². The monoisotopic (exact) mass is 456 g/mol. The van der Waals surface area contributed by atoms with E-state index < -0.39 is 15.9 Å². The van der Waals surface area contributed by atoms with E-state index in [4.69, 9.17) is 11.6 Å². The van der Waals surface area contributed by atoms with Crippen molar-refractivity contribution in [3.05, 3.63) is 72.3 Å². The second-order valence-corrected chi connectivity index (χ2v) is 8.09. The van der Waals surface area contributed by atoms with Gasteiger partial charge in [-0.05, 0) is 24.3 Å². The van der Waals surface area contributed by atoms with Crippen LogP contribution in [0.25, 0.3) is 0 Å². The molecule has 11 heteroatoms. The zero-order valence-electron chi connectivity index (χ0n) is 15.2. The minimum absolute atomic E-state index is 0. The lowest BCUT2D eigenvalue weighted by Gasteiger charge is -2.23. The van der Waals surface area contributed by atoms with Crippen molar-refractivity contribution >= 4 is 33.2 Å². The lowest BCUT2D eigenvalue weighted by molar-refractivity contribution is -0.671. The van der Waals surface area contributed by atoms with Gasteiger partial charge in [0.15, 0.2) is 6.54 Å². The van der Waals surface area contributed by atoms with Gasteiger partial charge in [0.1, 0.15) is 18.1 Å². The molecular formula is C18H18Cl2N4O4S. The van der Waals surface area contributed by atoms with Crippen molar-refractivity contribution in [1.82, 2.24) is 9.40 Å². The fourth-order valence-electron chi connectivity index (χ4n) is 2.50. The van der Waals surface area contributed by atoms with Crippen LogP contribution in [0, 0.1) is 0 Å². The molecule has 1 heterocycles. The van der Waals surface area contributed by atoms with Crippen molar-refractivity contribution in [2.24, 2.45) is 7.05 Å². The standard InChI is InChI=1S/C18H17ClN4O4S.ClH/c1-21-9-10-22(13-21)12-18(25)23(17-11-14(24)7-8-16(17)19)20-28(26,27)15-5-3-2-4-6-15;/h2-11,13,20H,12H2,1H3;1H. The Morgan fingerprint density at radius 2 is 1.93 bits per heavy atom. The number of imidazole rings is 1. The van der Waals surface area contributed by atoms with Crippen molar-refractivity contribution in [3.8, 4) is 5.75 Å². The Balaban J connectivity index is 0.00000300. The maximum atomic E-state index is 12.9. The van der Waals surface area contributed by atoms with E-state index in [2.05, 4.69) is 4.83 Å². The van der Waals surface area contributed by atoms with Crippen LogP contribution in [0.3, 0.4) is 0 Å². The van der Waals surface area contributed by atoms with Gasteiger partial charge in [0.2, 0.25) is 6.33 Å². The highest BCUT2D eigenvalue weighted by Crippen LogP contribution is 2.29.